The monoisotopic (exact) mass is 398 g/mol. The van der Waals surface area contributed by atoms with Gasteiger partial charge in [0.25, 0.3) is 0 Å². The minimum atomic E-state index is -1.18. The van der Waals surface area contributed by atoms with Gasteiger partial charge in [0.2, 0.25) is 0 Å². The average Bonchev–Trinajstić information content (AvgIpc) is 2.67. The molecule has 1 aliphatic heterocycles. The van der Waals surface area contributed by atoms with Crippen molar-refractivity contribution in [1.82, 2.24) is 0 Å². The summed E-state index contributed by atoms with van der Waals surface area (Å²) >= 11 is 5.11. The third-order valence-corrected chi connectivity index (χ3v) is 4.57. The summed E-state index contributed by atoms with van der Waals surface area (Å²) in [5.41, 5.74) is 0. The second-order valence-electron chi connectivity index (χ2n) is 6.65. The van der Waals surface area contributed by atoms with Crippen molar-refractivity contribution in [3.05, 3.63) is 30.3 Å². The Labute approximate surface area is 166 Å². The fourth-order valence-corrected chi connectivity index (χ4v) is 3.04. The third kappa shape index (κ3) is 7.71. The highest BCUT2D eigenvalue weighted by atomic mass is 32.1. The van der Waals surface area contributed by atoms with Crippen LogP contribution in [0.4, 0.5) is 0 Å². The van der Waals surface area contributed by atoms with Gasteiger partial charge in [-0.25, -0.2) is 0 Å². The van der Waals surface area contributed by atoms with Crippen molar-refractivity contribution < 1.29 is 29.2 Å². The van der Waals surface area contributed by atoms with Gasteiger partial charge in [-0.1, -0.05) is 57.2 Å². The molecule has 0 aromatic heterocycles. The van der Waals surface area contributed by atoms with Gasteiger partial charge in [-0.05, 0) is 18.6 Å². The van der Waals surface area contributed by atoms with Crippen molar-refractivity contribution in [2.75, 3.05) is 13.2 Å². The number of aliphatic hydroxyl groups is 2. The number of benzene rings is 1. The minimum Gasteiger partial charge on any atom is -0.445 e. The van der Waals surface area contributed by atoms with E-state index in [0.29, 0.717) is 12.4 Å². The Balaban J connectivity index is 1.80. The molecular formula is C20H30O6S. The van der Waals surface area contributed by atoms with Crippen LogP contribution in [0.2, 0.25) is 0 Å². The van der Waals surface area contributed by atoms with Crippen LogP contribution in [-0.2, 0) is 14.2 Å². The van der Waals surface area contributed by atoms with E-state index < -0.39 is 24.6 Å². The van der Waals surface area contributed by atoms with Crippen molar-refractivity contribution in [3.8, 4) is 5.75 Å². The summed E-state index contributed by atoms with van der Waals surface area (Å²) in [4.78, 5) is 0. The van der Waals surface area contributed by atoms with E-state index >= 15 is 0 Å². The zero-order chi connectivity index (χ0) is 19.5. The summed E-state index contributed by atoms with van der Waals surface area (Å²) in [6.07, 6.45) is 2.87. The lowest BCUT2D eigenvalue weighted by Crippen LogP contribution is -2.55. The summed E-state index contributed by atoms with van der Waals surface area (Å²) in [6, 6.07) is 8.97. The normalized spacial score (nSPS) is 25.1. The molecular weight excluding hydrogens is 368 g/mol. The Kier molecular flexibility index (Phi) is 10.0. The smallest absolute Gasteiger partial charge is 0.358 e. The van der Waals surface area contributed by atoms with E-state index in [-0.39, 0.29) is 11.8 Å². The van der Waals surface area contributed by atoms with Crippen molar-refractivity contribution in [2.24, 2.45) is 0 Å². The SMILES string of the molecule is CCCCCCCCO[C@H]1OC[C@@H](O)[C@H](O)[C@H]1OC(=S)Oc1ccccc1. The standard InChI is InChI=1S/C20H30O6S/c1-2-3-4-5-6-10-13-23-19-18(17(22)16(21)14-24-19)26-20(27)25-15-11-8-7-9-12-15/h7-9,11-12,16-19,21-22H,2-6,10,13-14H2,1H3/t16-,17+,18-,19+/m1/s1. The Morgan fingerprint density at radius 1 is 1.11 bits per heavy atom. The van der Waals surface area contributed by atoms with Gasteiger partial charge >= 0.3 is 5.24 Å². The first kappa shape index (κ1) is 22.0. The first-order chi connectivity index (χ1) is 13.1. The highest BCUT2D eigenvalue weighted by Crippen LogP contribution is 2.22. The van der Waals surface area contributed by atoms with Crippen LogP contribution in [0.15, 0.2) is 30.3 Å². The molecule has 4 atom stereocenters. The third-order valence-electron chi connectivity index (χ3n) is 4.39. The van der Waals surface area contributed by atoms with Crippen LogP contribution in [0.1, 0.15) is 45.4 Å². The largest absolute Gasteiger partial charge is 0.445 e. The predicted molar refractivity (Wildman–Crippen MR) is 106 cm³/mol. The molecule has 1 aromatic rings. The molecule has 0 amide bonds. The molecule has 6 nitrogen and oxygen atoms in total. The van der Waals surface area contributed by atoms with Gasteiger partial charge in [-0.15, -0.1) is 0 Å². The van der Waals surface area contributed by atoms with Crippen LogP contribution in [0, 0.1) is 0 Å². The zero-order valence-corrected chi connectivity index (χ0v) is 16.6. The molecule has 0 saturated carbocycles. The Hall–Kier alpha value is -1.25. The molecule has 0 radical (unpaired) electrons. The predicted octanol–water partition coefficient (Wildman–Crippen LogP) is 3.19. The lowest BCUT2D eigenvalue weighted by atomic mass is 10.1. The number of thiocarbonyl (C=S) groups is 1. The number of aliphatic hydroxyl groups excluding tert-OH is 2. The summed E-state index contributed by atoms with van der Waals surface area (Å²) in [6.45, 7) is 2.66. The fourth-order valence-electron chi connectivity index (χ4n) is 2.84. The van der Waals surface area contributed by atoms with Crippen LogP contribution in [-0.4, -0.2) is 53.3 Å². The lowest BCUT2D eigenvalue weighted by molar-refractivity contribution is -0.267. The van der Waals surface area contributed by atoms with E-state index in [1.54, 1.807) is 12.1 Å². The van der Waals surface area contributed by atoms with E-state index in [1.165, 1.54) is 25.7 Å². The molecule has 27 heavy (non-hydrogen) atoms. The van der Waals surface area contributed by atoms with Crippen LogP contribution in [0.3, 0.4) is 0 Å². The van der Waals surface area contributed by atoms with Crippen molar-refractivity contribution in [3.63, 3.8) is 0 Å². The quantitative estimate of drug-likeness (QED) is 0.463. The fraction of sp³-hybridized carbons (Fsp3) is 0.650. The van der Waals surface area contributed by atoms with Gasteiger partial charge in [0.05, 0.1) is 6.61 Å². The number of para-hydroxylation sites is 1. The van der Waals surface area contributed by atoms with Gasteiger partial charge in [-0.2, -0.15) is 0 Å². The zero-order valence-electron chi connectivity index (χ0n) is 15.8. The molecule has 0 bridgehead atoms. The van der Waals surface area contributed by atoms with Crippen LogP contribution < -0.4 is 4.74 Å². The molecule has 1 saturated heterocycles. The summed E-state index contributed by atoms with van der Waals surface area (Å²) in [5.74, 6) is 0.527. The molecule has 0 unspecified atom stereocenters. The molecule has 1 heterocycles. The van der Waals surface area contributed by atoms with Crippen LogP contribution in [0.25, 0.3) is 0 Å². The van der Waals surface area contributed by atoms with Crippen LogP contribution in [0.5, 0.6) is 5.75 Å². The van der Waals surface area contributed by atoms with E-state index in [0.717, 1.165) is 12.8 Å². The minimum absolute atomic E-state index is 0.0193. The molecule has 1 aromatic carbocycles. The van der Waals surface area contributed by atoms with Gasteiger partial charge < -0.3 is 29.2 Å². The Morgan fingerprint density at radius 3 is 2.56 bits per heavy atom. The second-order valence-corrected chi connectivity index (χ2v) is 6.98. The average molecular weight is 399 g/mol. The molecule has 2 N–H and O–H groups in total. The highest BCUT2D eigenvalue weighted by Gasteiger charge is 2.42. The maximum Gasteiger partial charge on any atom is 0.358 e. The molecule has 1 aliphatic rings. The molecule has 1 fully saturated rings. The number of rotatable bonds is 10. The van der Waals surface area contributed by atoms with Crippen molar-refractivity contribution in [2.45, 2.75) is 70.1 Å². The Morgan fingerprint density at radius 2 is 1.81 bits per heavy atom. The Bertz CT molecular complexity index is 541. The number of hydrogen-bond acceptors (Lipinski definition) is 7. The summed E-state index contributed by atoms with van der Waals surface area (Å²) in [5, 5.41) is 20.0. The molecule has 0 aliphatic carbocycles. The maximum atomic E-state index is 10.3. The number of unbranched alkanes of at least 4 members (excludes halogenated alkanes) is 5. The number of hydrogen-bond donors (Lipinski definition) is 2. The molecule has 0 spiro atoms. The van der Waals surface area contributed by atoms with E-state index in [9.17, 15) is 10.2 Å². The van der Waals surface area contributed by atoms with E-state index in [4.69, 9.17) is 31.2 Å². The van der Waals surface area contributed by atoms with Gasteiger partial charge in [-0.3, -0.25) is 0 Å². The second kappa shape index (κ2) is 12.3. The maximum absolute atomic E-state index is 10.3. The van der Waals surface area contributed by atoms with Gasteiger partial charge in [0.1, 0.15) is 18.0 Å². The topological polar surface area (TPSA) is 77.4 Å². The number of ether oxygens (including phenoxy) is 4. The van der Waals surface area contributed by atoms with Gasteiger partial charge in [0, 0.05) is 18.8 Å². The lowest BCUT2D eigenvalue weighted by Gasteiger charge is -2.37. The first-order valence-corrected chi connectivity index (χ1v) is 10.1. The highest BCUT2D eigenvalue weighted by molar-refractivity contribution is 7.79. The van der Waals surface area contributed by atoms with Crippen molar-refractivity contribution >= 4 is 17.5 Å². The molecule has 152 valence electrons. The van der Waals surface area contributed by atoms with E-state index in [2.05, 4.69) is 6.92 Å². The summed E-state index contributed by atoms with van der Waals surface area (Å²) in [7, 11) is 0. The van der Waals surface area contributed by atoms with Gasteiger partial charge in [0.15, 0.2) is 12.4 Å². The molecule has 7 heteroatoms. The van der Waals surface area contributed by atoms with Crippen molar-refractivity contribution in [1.29, 1.82) is 0 Å². The molecule has 2 rings (SSSR count). The first-order valence-electron chi connectivity index (χ1n) is 9.64. The van der Waals surface area contributed by atoms with E-state index in [1.807, 2.05) is 18.2 Å². The summed E-state index contributed by atoms with van der Waals surface area (Å²) < 4.78 is 22.2. The van der Waals surface area contributed by atoms with Crippen LogP contribution >= 0.6 is 12.2 Å².